The van der Waals surface area contributed by atoms with Crippen molar-refractivity contribution in [2.45, 2.75) is 45.3 Å². The number of nitrogens with one attached hydrogen (secondary N) is 2. The first-order valence-corrected chi connectivity index (χ1v) is 8.16. The summed E-state index contributed by atoms with van der Waals surface area (Å²) in [7, 11) is 3.55. The minimum absolute atomic E-state index is 0. The smallest absolute Gasteiger partial charge is 0.191 e. The summed E-state index contributed by atoms with van der Waals surface area (Å²) in [6, 6.07) is 0.350. The number of aliphatic hydroxyl groups excluding tert-OH is 1. The second-order valence-electron chi connectivity index (χ2n) is 7.17. The number of guanidine groups is 1. The van der Waals surface area contributed by atoms with E-state index in [1.165, 1.54) is 0 Å². The van der Waals surface area contributed by atoms with Crippen molar-refractivity contribution in [2.24, 2.45) is 15.8 Å². The average Bonchev–Trinajstić information content (AvgIpc) is 2.54. The maximum absolute atomic E-state index is 9.74. The Bertz CT molecular complexity index is 398. The molecule has 0 aromatic rings. The molecule has 2 atom stereocenters. The Morgan fingerprint density at radius 2 is 2.00 bits per heavy atom. The fraction of sp³-hybridized carbons (Fsp3) is 0.938. The summed E-state index contributed by atoms with van der Waals surface area (Å²) in [5.74, 6) is 0.798. The summed E-state index contributed by atoms with van der Waals surface area (Å²) < 4.78 is 10.9. The van der Waals surface area contributed by atoms with Crippen LogP contribution in [0.2, 0.25) is 0 Å². The van der Waals surface area contributed by atoms with Gasteiger partial charge in [0.05, 0.1) is 12.7 Å². The van der Waals surface area contributed by atoms with Gasteiger partial charge in [-0.1, -0.05) is 13.8 Å². The highest BCUT2D eigenvalue weighted by atomic mass is 127. The summed E-state index contributed by atoms with van der Waals surface area (Å²) in [5.41, 5.74) is -0.000218. The molecule has 2 aliphatic rings. The van der Waals surface area contributed by atoms with Crippen LogP contribution in [0.5, 0.6) is 0 Å². The zero-order valence-electron chi connectivity index (χ0n) is 14.7. The van der Waals surface area contributed by atoms with E-state index < -0.39 is 0 Å². The van der Waals surface area contributed by atoms with Crippen LogP contribution in [0.25, 0.3) is 0 Å². The van der Waals surface area contributed by atoms with Crippen LogP contribution in [0.3, 0.4) is 0 Å². The molecule has 23 heavy (non-hydrogen) atoms. The van der Waals surface area contributed by atoms with Gasteiger partial charge in [0.15, 0.2) is 5.96 Å². The molecule has 0 spiro atoms. The monoisotopic (exact) mass is 441 g/mol. The van der Waals surface area contributed by atoms with Crippen molar-refractivity contribution in [1.82, 2.24) is 10.6 Å². The Hall–Kier alpha value is -0.120. The van der Waals surface area contributed by atoms with E-state index in [1.54, 1.807) is 14.2 Å². The molecule has 0 aromatic heterocycles. The first-order chi connectivity index (χ1) is 10.5. The molecule has 7 heteroatoms. The van der Waals surface area contributed by atoms with Gasteiger partial charge < -0.3 is 25.2 Å². The summed E-state index contributed by atoms with van der Waals surface area (Å²) in [5, 5.41) is 16.6. The molecule has 3 N–H and O–H groups in total. The third-order valence-corrected chi connectivity index (χ3v) is 5.52. The highest BCUT2D eigenvalue weighted by Crippen LogP contribution is 2.42. The van der Waals surface area contributed by atoms with Crippen molar-refractivity contribution < 1.29 is 14.6 Å². The van der Waals surface area contributed by atoms with Crippen LogP contribution in [0.15, 0.2) is 4.99 Å². The Kier molecular flexibility index (Phi) is 8.03. The number of nitrogens with zero attached hydrogens (tertiary/aromatic N) is 1. The van der Waals surface area contributed by atoms with Gasteiger partial charge in [-0.3, -0.25) is 4.99 Å². The van der Waals surface area contributed by atoms with E-state index in [9.17, 15) is 5.11 Å². The Labute approximate surface area is 156 Å². The zero-order chi connectivity index (χ0) is 16.2. The van der Waals surface area contributed by atoms with Crippen molar-refractivity contribution in [3.05, 3.63) is 0 Å². The number of rotatable bonds is 5. The lowest BCUT2D eigenvalue weighted by Gasteiger charge is -2.51. The van der Waals surface area contributed by atoms with Gasteiger partial charge in [-0.15, -0.1) is 24.0 Å². The number of methoxy groups -OCH3 is 1. The van der Waals surface area contributed by atoms with Crippen LogP contribution >= 0.6 is 24.0 Å². The first kappa shape index (κ1) is 20.9. The highest BCUT2D eigenvalue weighted by Gasteiger charge is 2.49. The van der Waals surface area contributed by atoms with Crippen molar-refractivity contribution in [3.63, 3.8) is 0 Å². The minimum Gasteiger partial charge on any atom is -0.396 e. The van der Waals surface area contributed by atoms with Crippen LogP contribution < -0.4 is 10.6 Å². The van der Waals surface area contributed by atoms with Gasteiger partial charge in [0.2, 0.25) is 0 Å². The molecule has 1 aliphatic carbocycles. The number of aliphatic imine (C=N–C) groups is 1. The van der Waals surface area contributed by atoms with Gasteiger partial charge in [0.1, 0.15) is 0 Å². The molecule has 1 aliphatic heterocycles. The molecule has 0 bridgehead atoms. The Morgan fingerprint density at radius 3 is 2.48 bits per heavy atom. The van der Waals surface area contributed by atoms with E-state index in [4.69, 9.17) is 9.47 Å². The molecule has 0 amide bonds. The molecular formula is C16H32IN3O3. The molecule has 2 rings (SSSR count). The Morgan fingerprint density at radius 1 is 1.35 bits per heavy atom. The SMILES string of the molecule is CN=C(NCC1(CO)CCOCC1)NC1CC(OC)C1(C)C.I. The van der Waals surface area contributed by atoms with Crippen molar-refractivity contribution in [1.29, 1.82) is 0 Å². The van der Waals surface area contributed by atoms with Crippen LogP contribution in [-0.4, -0.2) is 63.7 Å². The van der Waals surface area contributed by atoms with Crippen LogP contribution in [0, 0.1) is 10.8 Å². The summed E-state index contributed by atoms with van der Waals surface area (Å²) in [6.45, 7) is 6.76. The van der Waals surface area contributed by atoms with Gasteiger partial charge in [0, 0.05) is 50.8 Å². The van der Waals surface area contributed by atoms with Gasteiger partial charge >= 0.3 is 0 Å². The maximum Gasteiger partial charge on any atom is 0.191 e. The number of ether oxygens (including phenoxy) is 2. The lowest BCUT2D eigenvalue weighted by Crippen LogP contribution is -2.63. The fourth-order valence-electron chi connectivity index (χ4n) is 3.36. The molecular weight excluding hydrogens is 409 g/mol. The van der Waals surface area contributed by atoms with Gasteiger partial charge in [0.25, 0.3) is 0 Å². The van der Waals surface area contributed by atoms with Crippen LogP contribution in [-0.2, 0) is 9.47 Å². The number of halogens is 1. The van der Waals surface area contributed by atoms with E-state index in [2.05, 4.69) is 29.5 Å². The lowest BCUT2D eigenvalue weighted by atomic mass is 9.64. The van der Waals surface area contributed by atoms with Crippen LogP contribution in [0.1, 0.15) is 33.1 Å². The maximum atomic E-state index is 9.74. The number of aliphatic hydroxyl groups is 1. The van der Waals surface area contributed by atoms with Crippen molar-refractivity contribution >= 4 is 29.9 Å². The van der Waals surface area contributed by atoms with E-state index >= 15 is 0 Å². The summed E-state index contributed by atoms with van der Waals surface area (Å²) in [6.07, 6.45) is 3.05. The molecule has 0 aromatic carbocycles. The largest absolute Gasteiger partial charge is 0.396 e. The van der Waals surface area contributed by atoms with E-state index in [1.807, 2.05) is 0 Å². The second kappa shape index (κ2) is 8.82. The highest BCUT2D eigenvalue weighted by molar-refractivity contribution is 14.0. The van der Waals surface area contributed by atoms with Crippen molar-refractivity contribution in [3.8, 4) is 0 Å². The summed E-state index contributed by atoms with van der Waals surface area (Å²) >= 11 is 0. The molecule has 0 radical (unpaired) electrons. The van der Waals surface area contributed by atoms with Gasteiger partial charge in [-0.2, -0.15) is 0 Å². The number of hydrogen-bond donors (Lipinski definition) is 3. The topological polar surface area (TPSA) is 75.1 Å². The zero-order valence-corrected chi connectivity index (χ0v) is 17.1. The van der Waals surface area contributed by atoms with E-state index in [0.717, 1.165) is 38.4 Å². The number of hydrogen-bond acceptors (Lipinski definition) is 4. The molecule has 1 saturated heterocycles. The molecule has 1 heterocycles. The first-order valence-electron chi connectivity index (χ1n) is 8.16. The predicted molar refractivity (Wildman–Crippen MR) is 102 cm³/mol. The van der Waals surface area contributed by atoms with Crippen LogP contribution in [0.4, 0.5) is 0 Å². The third-order valence-electron chi connectivity index (χ3n) is 5.52. The van der Waals surface area contributed by atoms with Gasteiger partial charge in [-0.25, -0.2) is 0 Å². The predicted octanol–water partition coefficient (Wildman–Crippen LogP) is 1.37. The quantitative estimate of drug-likeness (QED) is 0.342. The molecule has 1 saturated carbocycles. The van der Waals surface area contributed by atoms with E-state index in [0.29, 0.717) is 18.7 Å². The minimum atomic E-state index is -0.0972. The van der Waals surface area contributed by atoms with E-state index in [-0.39, 0.29) is 41.4 Å². The molecule has 2 fully saturated rings. The van der Waals surface area contributed by atoms with Crippen molar-refractivity contribution in [2.75, 3.05) is 40.5 Å². The third kappa shape index (κ3) is 4.70. The average molecular weight is 441 g/mol. The molecule has 2 unspecified atom stereocenters. The lowest BCUT2D eigenvalue weighted by molar-refractivity contribution is -0.0923. The molecule has 136 valence electrons. The summed E-state index contributed by atoms with van der Waals surface area (Å²) in [4.78, 5) is 4.32. The Balaban J connectivity index is 0.00000264. The normalized spacial score (nSPS) is 29.2. The molecule has 6 nitrogen and oxygen atoms in total. The fourth-order valence-corrected chi connectivity index (χ4v) is 3.36. The second-order valence-corrected chi connectivity index (χ2v) is 7.17. The van der Waals surface area contributed by atoms with Gasteiger partial charge in [-0.05, 0) is 19.3 Å². The standard InChI is InChI=1S/C16H31N3O3.HI/c1-15(2)12(9-13(15)21-4)19-14(17-3)18-10-16(11-20)5-7-22-8-6-16;/h12-13,20H,5-11H2,1-4H3,(H2,17,18,19);1H.